The molecule has 0 unspecified atom stereocenters. The van der Waals surface area contributed by atoms with Gasteiger partial charge in [-0.3, -0.25) is 4.79 Å². The molecule has 2 N–H and O–H groups in total. The summed E-state index contributed by atoms with van der Waals surface area (Å²) in [5, 5.41) is 11.8. The number of rotatable bonds is 11. The van der Waals surface area contributed by atoms with E-state index in [1.807, 2.05) is 48.5 Å². The molecule has 1 heterocycles. The average Bonchev–Trinajstić information content (AvgIpc) is 3.41. The van der Waals surface area contributed by atoms with Crippen LogP contribution in [-0.2, 0) is 28.7 Å². The fourth-order valence-corrected chi connectivity index (χ4v) is 5.90. The summed E-state index contributed by atoms with van der Waals surface area (Å²) in [6, 6.07) is 26.9. The van der Waals surface area contributed by atoms with Crippen molar-refractivity contribution in [3.63, 3.8) is 0 Å². The van der Waals surface area contributed by atoms with Crippen LogP contribution in [0.15, 0.2) is 111 Å². The van der Waals surface area contributed by atoms with Crippen LogP contribution < -0.4 is 10.1 Å². The molecule has 234 valence electrons. The third-order valence-corrected chi connectivity index (χ3v) is 8.62. The van der Waals surface area contributed by atoms with E-state index in [0.717, 1.165) is 16.1 Å². The van der Waals surface area contributed by atoms with Gasteiger partial charge in [-0.25, -0.2) is 4.99 Å². The van der Waals surface area contributed by atoms with Crippen LogP contribution in [0.1, 0.15) is 40.3 Å². The van der Waals surface area contributed by atoms with Crippen molar-refractivity contribution < 1.29 is 32.5 Å². The average molecular weight is 746 g/mol. The van der Waals surface area contributed by atoms with Crippen molar-refractivity contribution in [1.29, 1.82) is 0 Å². The van der Waals surface area contributed by atoms with Crippen LogP contribution in [0.5, 0.6) is 5.75 Å². The first-order valence-corrected chi connectivity index (χ1v) is 15.7. The van der Waals surface area contributed by atoms with E-state index in [4.69, 9.17) is 19.6 Å². The number of ether oxygens (including phenoxy) is 2. The summed E-state index contributed by atoms with van der Waals surface area (Å²) in [4.78, 5) is 19.3. The highest BCUT2D eigenvalue weighted by Crippen LogP contribution is 2.45. The first-order chi connectivity index (χ1) is 21.6. The van der Waals surface area contributed by atoms with Gasteiger partial charge in [0.2, 0.25) is 5.90 Å². The van der Waals surface area contributed by atoms with Crippen LogP contribution in [0.4, 0.5) is 13.2 Å². The molecule has 0 bridgehead atoms. The number of aliphatic imine (C=N–C) groups is 1. The number of alkyl halides is 3. The number of aliphatic hydroxyl groups is 1. The third kappa shape index (κ3) is 7.59. The Kier molecular flexibility index (Phi) is 10.3. The highest BCUT2D eigenvalue weighted by atomic mass is 79.9. The number of halogens is 5. The van der Waals surface area contributed by atoms with E-state index in [9.17, 15) is 18.0 Å². The number of nitrogens with one attached hydrogen (secondary N) is 1. The Morgan fingerprint density at radius 1 is 0.956 bits per heavy atom. The van der Waals surface area contributed by atoms with Gasteiger partial charge in [-0.05, 0) is 59.7 Å². The van der Waals surface area contributed by atoms with E-state index >= 15 is 0 Å². The van der Waals surface area contributed by atoms with Gasteiger partial charge >= 0.3 is 6.18 Å². The molecule has 45 heavy (non-hydrogen) atoms. The predicted octanol–water partition coefficient (Wildman–Crippen LogP) is 7.81. The molecule has 1 amide bonds. The summed E-state index contributed by atoms with van der Waals surface area (Å²) in [6.07, 6.45) is -4.91. The van der Waals surface area contributed by atoms with Crippen molar-refractivity contribution >= 4 is 43.7 Å². The fourth-order valence-electron chi connectivity index (χ4n) is 5.14. The first-order valence-electron chi connectivity index (χ1n) is 14.1. The molecule has 0 spiro atoms. The van der Waals surface area contributed by atoms with E-state index in [1.54, 1.807) is 24.3 Å². The van der Waals surface area contributed by atoms with Crippen LogP contribution in [0.2, 0.25) is 0 Å². The largest absolute Gasteiger partial charge is 0.494 e. The monoisotopic (exact) mass is 744 g/mol. The summed E-state index contributed by atoms with van der Waals surface area (Å²) in [6.45, 7) is 0.0127. The number of carbonyl (C=O) groups is 1. The minimum Gasteiger partial charge on any atom is -0.494 e. The van der Waals surface area contributed by atoms with E-state index in [2.05, 4.69) is 37.2 Å². The molecule has 4 aromatic rings. The SMILES string of the molecule is O=C(NCc1ccccc1C(F)(F)F)[C@]1(Cc2ccc(Br)cc2)N=C(c2ccc(OCCCO)cc2)O[C@@H]1c1ccccc1Br. The van der Waals surface area contributed by atoms with Gasteiger partial charge in [-0.15, -0.1) is 0 Å². The maximum atomic E-state index is 14.4. The lowest BCUT2D eigenvalue weighted by molar-refractivity contribution is -0.138. The van der Waals surface area contributed by atoms with E-state index in [1.165, 1.54) is 18.2 Å². The number of amides is 1. The van der Waals surface area contributed by atoms with E-state index in [-0.39, 0.29) is 31.0 Å². The van der Waals surface area contributed by atoms with Gasteiger partial charge < -0.3 is 19.9 Å². The van der Waals surface area contributed by atoms with Gasteiger partial charge in [0.15, 0.2) is 11.6 Å². The Bertz CT molecular complexity index is 1660. The number of hydrogen-bond acceptors (Lipinski definition) is 5. The molecular formula is C34H29Br2F3N2O4. The Labute approximate surface area is 275 Å². The Morgan fingerprint density at radius 3 is 2.33 bits per heavy atom. The molecule has 2 atom stereocenters. The van der Waals surface area contributed by atoms with Gasteiger partial charge in [0.25, 0.3) is 5.91 Å². The topological polar surface area (TPSA) is 80.2 Å². The van der Waals surface area contributed by atoms with Crippen molar-refractivity contribution in [2.45, 2.75) is 37.2 Å². The fraction of sp³-hybridized carbons (Fsp3) is 0.235. The minimum atomic E-state index is -4.58. The second kappa shape index (κ2) is 14.2. The van der Waals surface area contributed by atoms with Crippen molar-refractivity contribution in [3.8, 4) is 5.75 Å². The Balaban J connectivity index is 1.57. The number of hydrogen-bond donors (Lipinski definition) is 2. The molecule has 1 aliphatic rings. The number of benzene rings is 4. The molecule has 6 nitrogen and oxygen atoms in total. The van der Waals surface area contributed by atoms with E-state index < -0.39 is 29.3 Å². The van der Waals surface area contributed by atoms with Crippen LogP contribution in [-0.4, -0.2) is 35.7 Å². The van der Waals surface area contributed by atoms with Crippen molar-refractivity contribution in [2.24, 2.45) is 4.99 Å². The van der Waals surface area contributed by atoms with Gasteiger partial charge in [0.05, 0.1) is 12.2 Å². The smallest absolute Gasteiger partial charge is 0.416 e. The van der Waals surface area contributed by atoms with Crippen LogP contribution in [0.25, 0.3) is 0 Å². The molecule has 0 saturated heterocycles. The van der Waals surface area contributed by atoms with Crippen LogP contribution >= 0.6 is 31.9 Å². The number of nitrogens with zero attached hydrogens (tertiary/aromatic N) is 1. The summed E-state index contributed by atoms with van der Waals surface area (Å²) in [5.41, 5.74) is -0.437. The highest BCUT2D eigenvalue weighted by Gasteiger charge is 2.53. The van der Waals surface area contributed by atoms with Gasteiger partial charge in [0.1, 0.15) is 5.75 Å². The molecule has 4 aromatic carbocycles. The molecule has 0 aliphatic carbocycles. The normalized spacial score (nSPS) is 17.8. The first kappa shape index (κ1) is 32.7. The molecule has 11 heteroatoms. The number of carbonyl (C=O) groups excluding carboxylic acids is 1. The molecule has 0 fully saturated rings. The van der Waals surface area contributed by atoms with Crippen molar-refractivity contribution in [3.05, 3.63) is 134 Å². The zero-order chi connectivity index (χ0) is 32.0. The molecular weight excluding hydrogens is 717 g/mol. The molecule has 1 aliphatic heterocycles. The maximum Gasteiger partial charge on any atom is 0.416 e. The Morgan fingerprint density at radius 2 is 1.64 bits per heavy atom. The second-order valence-electron chi connectivity index (χ2n) is 10.5. The summed E-state index contributed by atoms with van der Waals surface area (Å²) in [5.74, 6) is 0.220. The van der Waals surface area contributed by atoms with Crippen LogP contribution in [0, 0.1) is 0 Å². The molecule has 0 saturated carbocycles. The highest BCUT2D eigenvalue weighted by molar-refractivity contribution is 9.10. The zero-order valence-corrected chi connectivity index (χ0v) is 27.0. The lowest BCUT2D eigenvalue weighted by Gasteiger charge is -2.31. The maximum absolute atomic E-state index is 14.4. The molecule has 0 radical (unpaired) electrons. The predicted molar refractivity (Wildman–Crippen MR) is 172 cm³/mol. The number of aliphatic hydroxyl groups excluding tert-OH is 1. The third-order valence-electron chi connectivity index (χ3n) is 7.37. The molecule has 5 rings (SSSR count). The van der Waals surface area contributed by atoms with Crippen molar-refractivity contribution in [1.82, 2.24) is 5.32 Å². The zero-order valence-electron chi connectivity index (χ0n) is 23.9. The lowest BCUT2D eigenvalue weighted by Crippen LogP contribution is -2.49. The van der Waals surface area contributed by atoms with Gasteiger partial charge in [-0.2, -0.15) is 13.2 Å². The second-order valence-corrected chi connectivity index (χ2v) is 12.2. The summed E-state index contributed by atoms with van der Waals surface area (Å²) < 4.78 is 55.0. The van der Waals surface area contributed by atoms with E-state index in [0.29, 0.717) is 34.4 Å². The standard InChI is InChI=1S/C34H29Br2F3N2O4/c35-25-14-10-22(11-15-25)20-33(32(43)40-21-24-6-1-3-8-28(24)34(37,38)39)30(27-7-2-4-9-29(27)36)45-31(41-33)23-12-16-26(17-13-23)44-19-5-18-42/h1-4,6-17,30,42H,5,18-21H2,(H,40,43)/t30-,33-/m1/s1. The lowest BCUT2D eigenvalue weighted by atomic mass is 9.82. The minimum absolute atomic E-state index is 0.0173. The Hall–Kier alpha value is -3.67. The summed E-state index contributed by atoms with van der Waals surface area (Å²) >= 11 is 7.04. The summed E-state index contributed by atoms with van der Waals surface area (Å²) in [7, 11) is 0. The quantitative estimate of drug-likeness (QED) is 0.154. The molecule has 0 aromatic heterocycles. The van der Waals surface area contributed by atoms with Crippen LogP contribution in [0.3, 0.4) is 0 Å². The van der Waals surface area contributed by atoms with Crippen molar-refractivity contribution in [2.75, 3.05) is 13.2 Å². The van der Waals surface area contributed by atoms with Gasteiger partial charge in [-0.1, -0.05) is 80.4 Å². The van der Waals surface area contributed by atoms with Gasteiger partial charge in [0, 0.05) is 46.1 Å².